The lowest BCUT2D eigenvalue weighted by Crippen LogP contribution is -1.93. The molecular formula is C10H10N4O. The number of anilines is 2. The van der Waals surface area contributed by atoms with Crippen molar-refractivity contribution in [3.63, 3.8) is 0 Å². The smallest absolute Gasteiger partial charge is 0.221 e. The van der Waals surface area contributed by atoms with Crippen molar-refractivity contribution in [2.45, 2.75) is 0 Å². The zero-order valence-corrected chi connectivity index (χ0v) is 7.92. The van der Waals surface area contributed by atoms with Crippen LogP contribution in [0.1, 0.15) is 0 Å². The molecule has 0 aromatic carbocycles. The maximum absolute atomic E-state index is 5.49. The van der Waals surface area contributed by atoms with E-state index in [9.17, 15) is 0 Å². The van der Waals surface area contributed by atoms with E-state index in [0.29, 0.717) is 23.1 Å². The van der Waals surface area contributed by atoms with Crippen LogP contribution in [-0.2, 0) is 0 Å². The summed E-state index contributed by atoms with van der Waals surface area (Å²) in [4.78, 5) is 7.96. The van der Waals surface area contributed by atoms with Crippen LogP contribution in [0.2, 0.25) is 0 Å². The van der Waals surface area contributed by atoms with Crippen molar-refractivity contribution in [3.8, 4) is 11.8 Å². The van der Waals surface area contributed by atoms with E-state index in [1.165, 1.54) is 12.4 Å². The molecule has 0 amide bonds. The quantitative estimate of drug-likeness (QED) is 0.769. The van der Waals surface area contributed by atoms with Crippen molar-refractivity contribution in [2.24, 2.45) is 0 Å². The maximum atomic E-state index is 5.49. The van der Waals surface area contributed by atoms with Crippen molar-refractivity contribution in [2.75, 3.05) is 11.5 Å². The molecule has 2 aromatic heterocycles. The predicted octanol–water partition coefficient (Wildman–Crippen LogP) is 1.43. The molecule has 0 radical (unpaired) electrons. The van der Waals surface area contributed by atoms with Crippen LogP contribution < -0.4 is 16.2 Å². The number of aromatic nitrogens is 2. The second-order valence-corrected chi connectivity index (χ2v) is 2.96. The number of nitrogens with zero attached hydrogens (tertiary/aromatic N) is 2. The fourth-order valence-electron chi connectivity index (χ4n) is 1.01. The number of pyridine rings is 2. The van der Waals surface area contributed by atoms with Crippen molar-refractivity contribution in [1.82, 2.24) is 9.97 Å². The number of hydrogen-bond donors (Lipinski definition) is 2. The number of ether oxygens (including phenoxy) is 1. The highest BCUT2D eigenvalue weighted by Crippen LogP contribution is 2.17. The molecule has 5 heteroatoms. The Labute approximate surface area is 86.7 Å². The Hall–Kier alpha value is -2.30. The van der Waals surface area contributed by atoms with E-state index < -0.39 is 0 Å². The summed E-state index contributed by atoms with van der Waals surface area (Å²) in [6.07, 6.45) is 3.04. The molecule has 15 heavy (non-hydrogen) atoms. The first-order valence-electron chi connectivity index (χ1n) is 4.35. The standard InChI is InChI=1S/C10H10N4O/c11-7-1-3-9(13-5-7)15-10-4-2-8(12)6-14-10/h1-6H,11-12H2. The van der Waals surface area contributed by atoms with Gasteiger partial charge in [0.25, 0.3) is 0 Å². The Balaban J connectivity index is 2.15. The SMILES string of the molecule is Nc1ccc(Oc2ccc(N)cn2)nc1. The van der Waals surface area contributed by atoms with Crippen LogP contribution in [-0.4, -0.2) is 9.97 Å². The van der Waals surface area contributed by atoms with E-state index >= 15 is 0 Å². The van der Waals surface area contributed by atoms with Crippen molar-refractivity contribution < 1.29 is 4.74 Å². The first kappa shape index (κ1) is 9.26. The molecule has 0 aliphatic carbocycles. The third-order valence-corrected chi connectivity index (χ3v) is 1.73. The number of hydrogen-bond acceptors (Lipinski definition) is 5. The maximum Gasteiger partial charge on any atom is 0.221 e. The minimum absolute atomic E-state index is 0.446. The van der Waals surface area contributed by atoms with Crippen molar-refractivity contribution in [3.05, 3.63) is 36.7 Å². The van der Waals surface area contributed by atoms with Gasteiger partial charge in [-0.15, -0.1) is 0 Å². The van der Waals surface area contributed by atoms with Crippen LogP contribution in [0.4, 0.5) is 11.4 Å². The summed E-state index contributed by atoms with van der Waals surface area (Å²) in [7, 11) is 0. The first-order valence-corrected chi connectivity index (χ1v) is 4.35. The van der Waals surface area contributed by atoms with Gasteiger partial charge >= 0.3 is 0 Å². The fourth-order valence-corrected chi connectivity index (χ4v) is 1.01. The van der Waals surface area contributed by atoms with Gasteiger partial charge in [-0.2, -0.15) is 0 Å². The van der Waals surface area contributed by atoms with E-state index in [4.69, 9.17) is 16.2 Å². The van der Waals surface area contributed by atoms with Gasteiger partial charge in [0, 0.05) is 12.1 Å². The predicted molar refractivity (Wildman–Crippen MR) is 57.4 cm³/mol. The second-order valence-electron chi connectivity index (χ2n) is 2.96. The molecule has 2 aromatic rings. The number of nitrogens with two attached hydrogens (primary N) is 2. The van der Waals surface area contributed by atoms with Crippen molar-refractivity contribution >= 4 is 11.4 Å². The van der Waals surface area contributed by atoms with Gasteiger partial charge in [0.15, 0.2) is 0 Å². The fraction of sp³-hybridized carbons (Fsp3) is 0. The van der Waals surface area contributed by atoms with Gasteiger partial charge in [0.2, 0.25) is 11.8 Å². The Kier molecular flexibility index (Phi) is 2.37. The Morgan fingerprint density at radius 3 is 1.60 bits per heavy atom. The van der Waals surface area contributed by atoms with E-state index in [0.717, 1.165) is 0 Å². The molecule has 4 N–H and O–H groups in total. The summed E-state index contributed by atoms with van der Waals surface area (Å²) in [5, 5.41) is 0. The molecule has 0 spiro atoms. The monoisotopic (exact) mass is 202 g/mol. The summed E-state index contributed by atoms with van der Waals surface area (Å²) in [5.41, 5.74) is 12.2. The van der Waals surface area contributed by atoms with Gasteiger partial charge in [-0.3, -0.25) is 0 Å². The van der Waals surface area contributed by atoms with Crippen LogP contribution in [0.25, 0.3) is 0 Å². The lowest BCUT2D eigenvalue weighted by Gasteiger charge is -2.03. The second kappa shape index (κ2) is 3.83. The average Bonchev–Trinajstić information content (AvgIpc) is 2.25. The zero-order chi connectivity index (χ0) is 10.7. The lowest BCUT2D eigenvalue weighted by atomic mass is 10.4. The van der Waals surface area contributed by atoms with Crippen LogP contribution in [0.3, 0.4) is 0 Å². The van der Waals surface area contributed by atoms with Crippen LogP contribution in [0.15, 0.2) is 36.7 Å². The molecule has 0 aliphatic rings. The number of nitrogen functional groups attached to an aromatic ring is 2. The minimum atomic E-state index is 0.446. The molecule has 2 rings (SSSR count). The van der Waals surface area contributed by atoms with E-state index in [2.05, 4.69) is 9.97 Å². The molecule has 76 valence electrons. The highest BCUT2D eigenvalue weighted by Gasteiger charge is 1.98. The first-order chi connectivity index (χ1) is 7.24. The summed E-state index contributed by atoms with van der Waals surface area (Å²) >= 11 is 0. The minimum Gasteiger partial charge on any atom is -0.421 e. The molecule has 0 bridgehead atoms. The van der Waals surface area contributed by atoms with Crippen molar-refractivity contribution in [1.29, 1.82) is 0 Å². The Bertz CT molecular complexity index is 394. The molecular weight excluding hydrogens is 192 g/mol. The van der Waals surface area contributed by atoms with Gasteiger partial charge in [-0.1, -0.05) is 0 Å². The van der Waals surface area contributed by atoms with Crippen LogP contribution in [0, 0.1) is 0 Å². The zero-order valence-electron chi connectivity index (χ0n) is 7.92. The van der Waals surface area contributed by atoms with Gasteiger partial charge in [0.05, 0.1) is 23.8 Å². The Morgan fingerprint density at radius 1 is 0.800 bits per heavy atom. The lowest BCUT2D eigenvalue weighted by molar-refractivity contribution is 0.445. The molecule has 0 saturated heterocycles. The molecule has 0 fully saturated rings. The normalized spacial score (nSPS) is 9.87. The average molecular weight is 202 g/mol. The van der Waals surface area contributed by atoms with Gasteiger partial charge in [0.1, 0.15) is 0 Å². The third-order valence-electron chi connectivity index (χ3n) is 1.73. The molecule has 0 unspecified atom stereocenters. The van der Waals surface area contributed by atoms with E-state index in [1.807, 2.05) is 0 Å². The highest BCUT2D eigenvalue weighted by atomic mass is 16.5. The van der Waals surface area contributed by atoms with Gasteiger partial charge < -0.3 is 16.2 Å². The van der Waals surface area contributed by atoms with E-state index in [-0.39, 0.29) is 0 Å². The summed E-state index contributed by atoms with van der Waals surface area (Å²) < 4.78 is 5.36. The largest absolute Gasteiger partial charge is 0.421 e. The Morgan fingerprint density at radius 2 is 1.27 bits per heavy atom. The molecule has 0 aliphatic heterocycles. The molecule has 0 atom stereocenters. The number of rotatable bonds is 2. The summed E-state index contributed by atoms with van der Waals surface area (Å²) in [5.74, 6) is 0.892. The van der Waals surface area contributed by atoms with Gasteiger partial charge in [-0.05, 0) is 12.1 Å². The summed E-state index contributed by atoms with van der Waals surface area (Å²) in [6.45, 7) is 0. The van der Waals surface area contributed by atoms with Crippen LogP contribution >= 0.6 is 0 Å². The topological polar surface area (TPSA) is 87.0 Å². The van der Waals surface area contributed by atoms with Crippen LogP contribution in [0.5, 0.6) is 11.8 Å². The summed E-state index contributed by atoms with van der Waals surface area (Å²) in [6, 6.07) is 6.76. The molecule has 2 heterocycles. The third kappa shape index (κ3) is 2.34. The van der Waals surface area contributed by atoms with Gasteiger partial charge in [-0.25, -0.2) is 9.97 Å². The highest BCUT2D eigenvalue weighted by molar-refractivity contribution is 5.38. The molecule has 0 saturated carbocycles. The molecule has 5 nitrogen and oxygen atoms in total. The van der Waals surface area contributed by atoms with E-state index in [1.54, 1.807) is 24.3 Å².